The number of fused-ring (bicyclic) bond motifs is 1. The Labute approximate surface area is 195 Å². The lowest BCUT2D eigenvalue weighted by Crippen LogP contribution is -2.24. The highest BCUT2D eigenvalue weighted by Gasteiger charge is 2.37. The van der Waals surface area contributed by atoms with Gasteiger partial charge < -0.3 is 0 Å². The molecule has 0 aromatic heterocycles. The monoisotopic (exact) mass is 473 g/mol. The molecule has 7 heteroatoms. The van der Waals surface area contributed by atoms with E-state index in [9.17, 15) is 18.0 Å². The van der Waals surface area contributed by atoms with E-state index in [-0.39, 0.29) is 21.3 Å². The van der Waals surface area contributed by atoms with E-state index in [1.54, 1.807) is 24.3 Å². The van der Waals surface area contributed by atoms with Crippen molar-refractivity contribution in [1.82, 2.24) is 4.90 Å². The minimum atomic E-state index is -3.79. The molecule has 1 heterocycles. The molecular formula is C25H31NO4S2. The molecule has 0 spiro atoms. The standard InChI is InChI=1S/C25H31NO4S2/c1-3-4-5-6-7-8-9-13-16-31-22-18-20(32(29,30)19-14-11-10-12-15-19)17-21-23(22)25(28)26(2)24(21)27/h10-12,14-15,17-18H,3-9,13,16H2,1-2H3. The zero-order valence-corrected chi connectivity index (χ0v) is 20.4. The highest BCUT2D eigenvalue weighted by Crippen LogP contribution is 2.36. The number of nitrogens with zero attached hydrogens (tertiary/aromatic N) is 1. The topological polar surface area (TPSA) is 71.5 Å². The summed E-state index contributed by atoms with van der Waals surface area (Å²) >= 11 is 1.47. The number of hydrogen-bond acceptors (Lipinski definition) is 5. The van der Waals surface area contributed by atoms with Crippen LogP contribution >= 0.6 is 11.8 Å². The molecule has 0 saturated heterocycles. The van der Waals surface area contributed by atoms with Crippen LogP contribution in [0.3, 0.4) is 0 Å². The van der Waals surface area contributed by atoms with Gasteiger partial charge in [-0.05, 0) is 36.4 Å². The van der Waals surface area contributed by atoms with Crippen molar-refractivity contribution in [3.8, 4) is 0 Å². The molecule has 1 aliphatic rings. The van der Waals surface area contributed by atoms with Gasteiger partial charge in [0.05, 0.1) is 20.9 Å². The Balaban J connectivity index is 1.76. The molecule has 1 aliphatic heterocycles. The number of imide groups is 1. The van der Waals surface area contributed by atoms with Crippen LogP contribution in [0.25, 0.3) is 0 Å². The second-order valence-electron chi connectivity index (χ2n) is 8.15. The largest absolute Gasteiger partial charge is 0.277 e. The molecule has 172 valence electrons. The highest BCUT2D eigenvalue weighted by molar-refractivity contribution is 7.99. The van der Waals surface area contributed by atoms with E-state index in [1.165, 1.54) is 75.5 Å². The third kappa shape index (κ3) is 5.44. The molecule has 0 N–H and O–H groups in total. The zero-order chi connectivity index (χ0) is 23.1. The van der Waals surface area contributed by atoms with Gasteiger partial charge in [-0.25, -0.2) is 8.42 Å². The van der Waals surface area contributed by atoms with Crippen LogP contribution in [0.2, 0.25) is 0 Å². The van der Waals surface area contributed by atoms with Crippen LogP contribution in [0.1, 0.15) is 79.0 Å². The van der Waals surface area contributed by atoms with Crippen molar-refractivity contribution in [1.29, 1.82) is 0 Å². The third-order valence-electron chi connectivity index (χ3n) is 5.75. The molecule has 0 unspecified atom stereocenters. The van der Waals surface area contributed by atoms with Crippen LogP contribution in [-0.2, 0) is 9.84 Å². The number of carbonyl (C=O) groups is 2. The van der Waals surface area contributed by atoms with E-state index in [0.29, 0.717) is 10.5 Å². The Bertz CT molecular complexity index is 1060. The maximum atomic E-state index is 13.2. The fraction of sp³-hybridized carbons (Fsp3) is 0.440. The first kappa shape index (κ1) is 24.5. The molecule has 2 aromatic rings. The first-order valence-corrected chi connectivity index (χ1v) is 13.8. The Morgan fingerprint density at radius 2 is 1.44 bits per heavy atom. The second kappa shape index (κ2) is 11.1. The average molecular weight is 474 g/mol. The summed E-state index contributed by atoms with van der Waals surface area (Å²) in [5.41, 5.74) is 0.502. The Morgan fingerprint density at radius 3 is 2.09 bits per heavy atom. The molecule has 3 rings (SSSR count). The predicted molar refractivity (Wildman–Crippen MR) is 128 cm³/mol. The second-order valence-corrected chi connectivity index (χ2v) is 11.2. The van der Waals surface area contributed by atoms with E-state index in [2.05, 4.69) is 6.92 Å². The van der Waals surface area contributed by atoms with Gasteiger partial charge in [-0.3, -0.25) is 14.5 Å². The molecule has 0 atom stereocenters. The smallest absolute Gasteiger partial charge is 0.262 e. The van der Waals surface area contributed by atoms with Crippen LogP contribution < -0.4 is 0 Å². The van der Waals surface area contributed by atoms with E-state index in [0.717, 1.165) is 23.5 Å². The summed E-state index contributed by atoms with van der Waals surface area (Å²) in [4.78, 5) is 27.1. The number of sulfone groups is 1. The normalized spacial score (nSPS) is 13.6. The minimum absolute atomic E-state index is 0.0531. The van der Waals surface area contributed by atoms with Crippen LogP contribution in [-0.4, -0.2) is 37.9 Å². The van der Waals surface area contributed by atoms with E-state index < -0.39 is 15.7 Å². The van der Waals surface area contributed by atoms with Crippen molar-refractivity contribution in [2.24, 2.45) is 0 Å². The van der Waals surface area contributed by atoms with E-state index in [4.69, 9.17) is 0 Å². The quantitative estimate of drug-likeness (QED) is 0.215. The molecule has 0 radical (unpaired) electrons. The van der Waals surface area contributed by atoms with Gasteiger partial charge in [0.2, 0.25) is 9.84 Å². The number of carbonyl (C=O) groups excluding carboxylic acids is 2. The lowest BCUT2D eigenvalue weighted by Gasteiger charge is -2.11. The molecule has 0 fully saturated rings. The summed E-state index contributed by atoms with van der Waals surface area (Å²) in [7, 11) is -2.35. The first-order valence-electron chi connectivity index (χ1n) is 11.3. The number of hydrogen-bond donors (Lipinski definition) is 0. The van der Waals surface area contributed by atoms with Crippen LogP contribution in [0.15, 0.2) is 57.2 Å². The number of unbranched alkanes of at least 4 members (excludes halogenated alkanes) is 7. The van der Waals surface area contributed by atoms with Gasteiger partial charge >= 0.3 is 0 Å². The van der Waals surface area contributed by atoms with Crippen LogP contribution in [0.4, 0.5) is 0 Å². The SMILES string of the molecule is CCCCCCCCCCSc1cc(S(=O)(=O)c2ccccc2)cc2c1C(=O)N(C)C2=O. The van der Waals surface area contributed by atoms with E-state index in [1.807, 2.05) is 0 Å². The molecule has 2 aromatic carbocycles. The van der Waals surface area contributed by atoms with Crippen LogP contribution in [0, 0.1) is 0 Å². The number of benzene rings is 2. The number of amides is 2. The van der Waals surface area contributed by atoms with Gasteiger partial charge in [0.25, 0.3) is 11.8 Å². The molecule has 32 heavy (non-hydrogen) atoms. The lowest BCUT2D eigenvalue weighted by molar-refractivity contribution is 0.0692. The Morgan fingerprint density at radius 1 is 0.812 bits per heavy atom. The van der Waals surface area contributed by atoms with Crippen molar-refractivity contribution in [2.75, 3.05) is 12.8 Å². The van der Waals surface area contributed by atoms with Gasteiger partial charge in [0, 0.05) is 11.9 Å². The molecule has 5 nitrogen and oxygen atoms in total. The Kier molecular flexibility index (Phi) is 8.54. The fourth-order valence-corrected chi connectivity index (χ4v) is 6.37. The van der Waals surface area contributed by atoms with Crippen molar-refractivity contribution in [3.63, 3.8) is 0 Å². The number of thioether (sulfide) groups is 1. The van der Waals surface area contributed by atoms with Gasteiger partial charge in [-0.2, -0.15) is 0 Å². The minimum Gasteiger partial charge on any atom is -0.277 e. The highest BCUT2D eigenvalue weighted by atomic mass is 32.2. The van der Waals surface area contributed by atoms with Crippen molar-refractivity contribution in [3.05, 3.63) is 53.6 Å². The van der Waals surface area contributed by atoms with Gasteiger partial charge in [-0.1, -0.05) is 70.1 Å². The average Bonchev–Trinajstić information content (AvgIpc) is 3.02. The predicted octanol–water partition coefficient (Wildman–Crippen LogP) is 5.98. The van der Waals surface area contributed by atoms with E-state index >= 15 is 0 Å². The molecule has 0 bridgehead atoms. The van der Waals surface area contributed by atoms with Crippen molar-refractivity contribution in [2.45, 2.75) is 73.0 Å². The summed E-state index contributed by atoms with van der Waals surface area (Å²) in [5, 5.41) is 0. The zero-order valence-electron chi connectivity index (χ0n) is 18.8. The summed E-state index contributed by atoms with van der Waals surface area (Å²) in [5.74, 6) is -0.0438. The molecular weight excluding hydrogens is 442 g/mol. The summed E-state index contributed by atoms with van der Waals surface area (Å²) in [6.45, 7) is 2.21. The van der Waals surface area contributed by atoms with Gasteiger partial charge in [0.15, 0.2) is 0 Å². The van der Waals surface area contributed by atoms with Gasteiger partial charge in [-0.15, -0.1) is 11.8 Å². The summed E-state index contributed by atoms with van der Waals surface area (Å²) in [6, 6.07) is 11.1. The number of rotatable bonds is 12. The molecule has 0 saturated carbocycles. The van der Waals surface area contributed by atoms with Crippen molar-refractivity contribution >= 4 is 33.4 Å². The maximum Gasteiger partial charge on any atom is 0.262 e. The molecule has 2 amide bonds. The maximum absolute atomic E-state index is 13.2. The third-order valence-corrected chi connectivity index (χ3v) is 8.62. The van der Waals surface area contributed by atoms with Crippen molar-refractivity contribution < 1.29 is 18.0 Å². The summed E-state index contributed by atoms with van der Waals surface area (Å²) < 4.78 is 26.3. The lowest BCUT2D eigenvalue weighted by atomic mass is 10.1. The fourth-order valence-electron chi connectivity index (χ4n) is 3.84. The van der Waals surface area contributed by atoms with Gasteiger partial charge in [0.1, 0.15) is 0 Å². The Hall–Kier alpha value is -2.12. The first-order chi connectivity index (χ1) is 15.4. The van der Waals surface area contributed by atoms with Crippen LogP contribution in [0.5, 0.6) is 0 Å². The molecule has 0 aliphatic carbocycles. The summed E-state index contributed by atoms with van der Waals surface area (Å²) in [6.07, 6.45) is 9.63.